The van der Waals surface area contributed by atoms with Crippen LogP contribution in [0.3, 0.4) is 0 Å². The molecular weight excluding hydrogens is 284 g/mol. The van der Waals surface area contributed by atoms with E-state index in [4.69, 9.17) is 10.7 Å². The number of hydrogen-bond acceptors (Lipinski definition) is 3. The third-order valence-corrected chi connectivity index (χ3v) is 4.37. The molecule has 0 aromatic carbocycles. The Balaban J connectivity index is 1.99. The lowest BCUT2D eigenvalue weighted by Crippen LogP contribution is -2.47. The van der Waals surface area contributed by atoms with E-state index in [1.165, 1.54) is 5.56 Å². The molecule has 116 valence electrons. The second-order valence-electron chi connectivity index (χ2n) is 5.43. The van der Waals surface area contributed by atoms with Crippen molar-refractivity contribution in [2.24, 2.45) is 16.6 Å². The summed E-state index contributed by atoms with van der Waals surface area (Å²) in [5.74, 6) is 1.08. The van der Waals surface area contributed by atoms with Crippen molar-refractivity contribution >= 4 is 23.2 Å². The van der Waals surface area contributed by atoms with Crippen molar-refractivity contribution in [3.63, 3.8) is 0 Å². The first-order valence-corrected chi connectivity index (χ1v) is 8.46. The van der Waals surface area contributed by atoms with Gasteiger partial charge in [0.1, 0.15) is 0 Å². The number of primary amides is 1. The standard InChI is InChI=1S/C15H24N4OS/c1-2-17-15(18-9-13-5-7-21-11-13)19-6-3-4-12(10-19)8-14(16)20/h5,7,11-12H,2-4,6,8-10H2,1H3,(H2,16,20)(H,17,18). The van der Waals surface area contributed by atoms with Crippen LogP contribution in [0.25, 0.3) is 0 Å². The number of nitrogens with one attached hydrogen (secondary N) is 1. The Bertz CT molecular complexity index is 472. The van der Waals surface area contributed by atoms with Crippen LogP contribution in [0.1, 0.15) is 31.7 Å². The molecular formula is C15H24N4OS. The van der Waals surface area contributed by atoms with Crippen LogP contribution in [0.2, 0.25) is 0 Å². The molecule has 0 saturated carbocycles. The summed E-state index contributed by atoms with van der Waals surface area (Å²) in [5, 5.41) is 7.55. The molecule has 2 heterocycles. The normalized spacial score (nSPS) is 19.6. The molecule has 21 heavy (non-hydrogen) atoms. The summed E-state index contributed by atoms with van der Waals surface area (Å²) >= 11 is 1.69. The molecule has 1 aromatic heterocycles. The molecule has 1 aliphatic heterocycles. The maximum absolute atomic E-state index is 11.1. The maximum Gasteiger partial charge on any atom is 0.217 e. The number of nitrogens with zero attached hydrogens (tertiary/aromatic N) is 2. The summed E-state index contributed by atoms with van der Waals surface area (Å²) in [6, 6.07) is 2.10. The highest BCUT2D eigenvalue weighted by Gasteiger charge is 2.23. The maximum atomic E-state index is 11.1. The van der Waals surface area contributed by atoms with Gasteiger partial charge in [-0.2, -0.15) is 11.3 Å². The van der Waals surface area contributed by atoms with Gasteiger partial charge in [0.05, 0.1) is 6.54 Å². The van der Waals surface area contributed by atoms with Gasteiger partial charge in [-0.05, 0) is 48.1 Å². The fourth-order valence-corrected chi connectivity index (χ4v) is 3.34. The average Bonchev–Trinajstić information content (AvgIpc) is 2.96. The smallest absolute Gasteiger partial charge is 0.217 e. The van der Waals surface area contributed by atoms with Crippen LogP contribution < -0.4 is 11.1 Å². The van der Waals surface area contributed by atoms with E-state index in [-0.39, 0.29) is 5.91 Å². The number of likely N-dealkylation sites (tertiary alicyclic amines) is 1. The molecule has 0 radical (unpaired) electrons. The second kappa shape index (κ2) is 8.02. The molecule has 1 amide bonds. The molecule has 0 spiro atoms. The number of amides is 1. The fourth-order valence-electron chi connectivity index (χ4n) is 2.68. The predicted molar refractivity (Wildman–Crippen MR) is 87.2 cm³/mol. The summed E-state index contributed by atoms with van der Waals surface area (Å²) in [6.45, 7) is 5.47. The minimum atomic E-state index is -0.206. The number of hydrogen-bond donors (Lipinski definition) is 2. The quantitative estimate of drug-likeness (QED) is 0.643. The molecule has 5 nitrogen and oxygen atoms in total. The van der Waals surface area contributed by atoms with Crippen LogP contribution in [0.5, 0.6) is 0 Å². The first-order valence-electron chi connectivity index (χ1n) is 7.51. The minimum absolute atomic E-state index is 0.206. The molecule has 6 heteroatoms. The predicted octanol–water partition coefficient (Wildman–Crippen LogP) is 1.80. The molecule has 1 unspecified atom stereocenters. The van der Waals surface area contributed by atoms with Crippen molar-refractivity contribution in [2.75, 3.05) is 19.6 Å². The molecule has 1 fully saturated rings. The topological polar surface area (TPSA) is 70.7 Å². The van der Waals surface area contributed by atoms with Crippen LogP contribution in [-0.2, 0) is 11.3 Å². The SMILES string of the molecule is CCNC(=NCc1ccsc1)N1CCCC(CC(N)=O)C1. The number of carbonyl (C=O) groups excluding carboxylic acids is 1. The first-order chi connectivity index (χ1) is 10.2. The highest BCUT2D eigenvalue weighted by molar-refractivity contribution is 7.07. The van der Waals surface area contributed by atoms with Crippen LogP contribution in [0.4, 0.5) is 0 Å². The third-order valence-electron chi connectivity index (χ3n) is 3.63. The number of piperidine rings is 1. The van der Waals surface area contributed by atoms with E-state index in [1.54, 1.807) is 11.3 Å². The summed E-state index contributed by atoms with van der Waals surface area (Å²) in [4.78, 5) is 18.1. The molecule has 1 aliphatic rings. The first kappa shape index (κ1) is 15.8. The van der Waals surface area contributed by atoms with Gasteiger partial charge in [0.2, 0.25) is 5.91 Å². The van der Waals surface area contributed by atoms with Crippen LogP contribution in [0.15, 0.2) is 21.8 Å². The summed E-state index contributed by atoms with van der Waals surface area (Å²) in [5.41, 5.74) is 6.56. The lowest BCUT2D eigenvalue weighted by atomic mass is 9.95. The second-order valence-corrected chi connectivity index (χ2v) is 6.21. The summed E-state index contributed by atoms with van der Waals surface area (Å²) < 4.78 is 0. The van der Waals surface area contributed by atoms with Crippen molar-refractivity contribution in [1.29, 1.82) is 0 Å². The molecule has 0 aliphatic carbocycles. The Morgan fingerprint density at radius 1 is 1.62 bits per heavy atom. The number of thiophene rings is 1. The van der Waals surface area contributed by atoms with Gasteiger partial charge in [-0.3, -0.25) is 4.79 Å². The van der Waals surface area contributed by atoms with E-state index in [2.05, 4.69) is 34.0 Å². The van der Waals surface area contributed by atoms with E-state index in [9.17, 15) is 4.79 Å². The van der Waals surface area contributed by atoms with Crippen molar-refractivity contribution in [3.8, 4) is 0 Å². The fraction of sp³-hybridized carbons (Fsp3) is 0.600. The van der Waals surface area contributed by atoms with E-state index in [0.717, 1.165) is 38.4 Å². The zero-order valence-electron chi connectivity index (χ0n) is 12.5. The van der Waals surface area contributed by atoms with Crippen LogP contribution >= 0.6 is 11.3 Å². The highest BCUT2D eigenvalue weighted by Crippen LogP contribution is 2.19. The Labute approximate surface area is 130 Å². The van der Waals surface area contributed by atoms with Crippen molar-refractivity contribution < 1.29 is 4.79 Å². The van der Waals surface area contributed by atoms with Crippen LogP contribution in [-0.4, -0.2) is 36.4 Å². The molecule has 3 N–H and O–H groups in total. The van der Waals surface area contributed by atoms with Gasteiger partial charge in [-0.15, -0.1) is 0 Å². The molecule has 0 bridgehead atoms. The van der Waals surface area contributed by atoms with Crippen molar-refractivity contribution in [3.05, 3.63) is 22.4 Å². The summed E-state index contributed by atoms with van der Waals surface area (Å²) in [6.07, 6.45) is 2.63. The van der Waals surface area contributed by atoms with Gasteiger partial charge < -0.3 is 16.0 Å². The van der Waals surface area contributed by atoms with Crippen molar-refractivity contribution in [2.45, 2.75) is 32.7 Å². The van der Waals surface area contributed by atoms with Gasteiger partial charge >= 0.3 is 0 Å². The third kappa shape index (κ3) is 5.04. The lowest BCUT2D eigenvalue weighted by Gasteiger charge is -2.34. The van der Waals surface area contributed by atoms with Gasteiger partial charge in [0.25, 0.3) is 0 Å². The Morgan fingerprint density at radius 2 is 2.48 bits per heavy atom. The van der Waals surface area contributed by atoms with Crippen molar-refractivity contribution in [1.82, 2.24) is 10.2 Å². The van der Waals surface area contributed by atoms with E-state index in [1.807, 2.05) is 0 Å². The number of nitrogens with two attached hydrogens (primary N) is 1. The van der Waals surface area contributed by atoms with Gasteiger partial charge in [-0.25, -0.2) is 4.99 Å². The Hall–Kier alpha value is -1.56. The van der Waals surface area contributed by atoms with E-state index < -0.39 is 0 Å². The zero-order chi connectivity index (χ0) is 15.1. The molecule has 1 atom stereocenters. The van der Waals surface area contributed by atoms with E-state index >= 15 is 0 Å². The minimum Gasteiger partial charge on any atom is -0.370 e. The number of guanidine groups is 1. The lowest BCUT2D eigenvalue weighted by molar-refractivity contribution is -0.119. The van der Waals surface area contributed by atoms with Crippen LogP contribution in [0, 0.1) is 5.92 Å². The van der Waals surface area contributed by atoms with E-state index in [0.29, 0.717) is 18.9 Å². The van der Waals surface area contributed by atoms with Gasteiger partial charge in [-0.1, -0.05) is 0 Å². The number of aliphatic imine (C=N–C) groups is 1. The molecule has 2 rings (SSSR count). The number of rotatable bonds is 5. The monoisotopic (exact) mass is 308 g/mol. The average molecular weight is 308 g/mol. The Morgan fingerprint density at radius 3 is 3.14 bits per heavy atom. The summed E-state index contributed by atoms with van der Waals surface area (Å²) in [7, 11) is 0. The largest absolute Gasteiger partial charge is 0.370 e. The van der Waals surface area contributed by atoms with Gasteiger partial charge in [0, 0.05) is 26.1 Å². The number of carbonyl (C=O) groups is 1. The highest BCUT2D eigenvalue weighted by atomic mass is 32.1. The molecule has 1 aromatic rings. The Kier molecular flexibility index (Phi) is 6.04. The zero-order valence-corrected chi connectivity index (χ0v) is 13.4. The van der Waals surface area contributed by atoms with Gasteiger partial charge in [0.15, 0.2) is 5.96 Å². The molecule has 1 saturated heterocycles.